The number of hydrogen-bond acceptors (Lipinski definition) is 7. The van der Waals surface area contributed by atoms with Gasteiger partial charge in [0.1, 0.15) is 11.3 Å². The zero-order chi connectivity index (χ0) is 22.5. The predicted molar refractivity (Wildman–Crippen MR) is 131 cm³/mol. The number of fused-ring (bicyclic) bond motifs is 1. The molecule has 2 aliphatic heterocycles. The van der Waals surface area contributed by atoms with Crippen molar-refractivity contribution in [2.75, 3.05) is 11.5 Å². The van der Waals surface area contributed by atoms with Gasteiger partial charge in [0.15, 0.2) is 9.62 Å². The lowest BCUT2D eigenvalue weighted by atomic mass is 9.58. The average molecular weight is 454 g/mol. The maximum Gasteiger partial charge on any atom is 0.178 e. The molecule has 0 aliphatic carbocycles. The third-order valence-electron chi connectivity index (χ3n) is 6.11. The van der Waals surface area contributed by atoms with E-state index in [2.05, 4.69) is 31.3 Å². The van der Waals surface area contributed by atoms with E-state index in [4.69, 9.17) is 10.7 Å². The summed E-state index contributed by atoms with van der Waals surface area (Å²) in [5, 5.41) is 24.9. The molecule has 0 saturated heterocycles. The van der Waals surface area contributed by atoms with E-state index in [1.165, 1.54) is 0 Å². The largest absolute Gasteiger partial charge is 0.386 e. The normalized spacial score (nSPS) is 28.5. The van der Waals surface area contributed by atoms with Crippen molar-refractivity contribution in [1.29, 1.82) is 10.5 Å². The fraction of sp³-hybridized carbons (Fsp3) is 0.542. The standard InChI is InChI=1S/C24H31N5S2/c1-4-6-13-30-24(31-14-7-5-2)22(16-25)15-18(3)28-20(19-11-9-8-10-12-19)23(22,17-26)21(27)29-24/h8-12,15,20,28H,4-7,13-14H2,1-3H3,(H2,27,29)/t20-,22+,23+/m1/s1. The summed E-state index contributed by atoms with van der Waals surface area (Å²) in [5.41, 5.74) is 5.98. The second-order valence-corrected chi connectivity index (χ2v) is 11.0. The number of nitrogens with zero attached hydrogens (tertiary/aromatic N) is 3. The molecule has 7 heteroatoms. The third-order valence-corrected chi connectivity index (χ3v) is 9.41. The van der Waals surface area contributed by atoms with Crippen LogP contribution >= 0.6 is 23.5 Å². The Morgan fingerprint density at radius 2 is 1.68 bits per heavy atom. The molecule has 0 spiro atoms. The molecule has 3 N–H and O–H groups in total. The second kappa shape index (κ2) is 9.59. The number of nitrogens with two attached hydrogens (primary N) is 1. The predicted octanol–water partition coefficient (Wildman–Crippen LogP) is 5.35. The topological polar surface area (TPSA) is 98.0 Å². The quantitative estimate of drug-likeness (QED) is 0.386. The minimum absolute atomic E-state index is 0.259. The van der Waals surface area contributed by atoms with E-state index in [0.29, 0.717) is 0 Å². The smallest absolute Gasteiger partial charge is 0.178 e. The lowest BCUT2D eigenvalue weighted by Gasteiger charge is -2.49. The maximum absolute atomic E-state index is 10.8. The number of nitrogens with one attached hydrogen (secondary N) is 1. The summed E-state index contributed by atoms with van der Waals surface area (Å²) in [6, 6.07) is 14.5. The molecule has 2 heterocycles. The highest BCUT2D eigenvalue weighted by Crippen LogP contribution is 2.69. The fourth-order valence-corrected chi connectivity index (χ4v) is 8.06. The van der Waals surface area contributed by atoms with E-state index in [1.807, 2.05) is 43.3 Å². The molecule has 5 nitrogen and oxygen atoms in total. The first-order valence-electron chi connectivity index (χ1n) is 10.9. The number of hydrogen-bond donors (Lipinski definition) is 2. The van der Waals surface area contributed by atoms with Crippen molar-refractivity contribution >= 4 is 29.4 Å². The van der Waals surface area contributed by atoms with Gasteiger partial charge < -0.3 is 11.1 Å². The molecule has 31 heavy (non-hydrogen) atoms. The summed E-state index contributed by atoms with van der Waals surface area (Å²) < 4.78 is -0.845. The molecule has 0 fully saturated rings. The first-order valence-corrected chi connectivity index (χ1v) is 12.9. The summed E-state index contributed by atoms with van der Waals surface area (Å²) in [6.07, 6.45) is 6.11. The molecule has 0 radical (unpaired) electrons. The minimum atomic E-state index is -1.29. The summed E-state index contributed by atoms with van der Waals surface area (Å²) in [7, 11) is 0. The summed E-state index contributed by atoms with van der Waals surface area (Å²) >= 11 is 3.36. The zero-order valence-corrected chi connectivity index (χ0v) is 20.2. The van der Waals surface area contributed by atoms with Crippen LogP contribution in [0.25, 0.3) is 0 Å². The van der Waals surface area contributed by atoms with Crippen molar-refractivity contribution in [3.05, 3.63) is 47.7 Å². The highest BCUT2D eigenvalue weighted by molar-refractivity contribution is 8.18. The Balaban J connectivity index is 2.23. The molecule has 164 valence electrons. The van der Waals surface area contributed by atoms with Crippen molar-refractivity contribution in [3.8, 4) is 12.1 Å². The van der Waals surface area contributed by atoms with Crippen molar-refractivity contribution in [3.63, 3.8) is 0 Å². The molecule has 2 aliphatic rings. The Kier molecular flexibility index (Phi) is 7.29. The van der Waals surface area contributed by atoms with Gasteiger partial charge in [0.25, 0.3) is 0 Å². The van der Waals surface area contributed by atoms with Crippen molar-refractivity contribution in [2.24, 2.45) is 21.6 Å². The van der Waals surface area contributed by atoms with Gasteiger partial charge in [-0.2, -0.15) is 10.5 Å². The minimum Gasteiger partial charge on any atom is -0.386 e. The number of allylic oxidation sites excluding steroid dienone is 1. The molecule has 3 rings (SSSR count). The zero-order valence-electron chi connectivity index (χ0n) is 18.5. The number of unbranched alkanes of at least 4 members (excludes halogenated alkanes) is 2. The van der Waals surface area contributed by atoms with Gasteiger partial charge in [-0.1, -0.05) is 57.0 Å². The number of nitriles is 2. The van der Waals surface area contributed by atoms with E-state index in [-0.39, 0.29) is 5.84 Å². The van der Waals surface area contributed by atoms with Crippen LogP contribution in [0, 0.1) is 33.5 Å². The molecular weight excluding hydrogens is 422 g/mol. The Labute approximate surface area is 194 Å². The van der Waals surface area contributed by atoms with Crippen molar-refractivity contribution in [1.82, 2.24) is 5.32 Å². The number of aliphatic imine (C=N–C) groups is 1. The van der Waals surface area contributed by atoms with Crippen LogP contribution in [-0.2, 0) is 0 Å². The highest BCUT2D eigenvalue weighted by atomic mass is 32.2. The van der Waals surface area contributed by atoms with E-state index < -0.39 is 21.1 Å². The van der Waals surface area contributed by atoms with E-state index in [1.54, 1.807) is 23.5 Å². The Hall–Kier alpha value is -2.09. The van der Waals surface area contributed by atoms with Crippen LogP contribution in [0.1, 0.15) is 58.1 Å². The first-order chi connectivity index (χ1) is 15.0. The van der Waals surface area contributed by atoms with Crippen LogP contribution in [0.2, 0.25) is 0 Å². The van der Waals surface area contributed by atoms with Gasteiger partial charge in [-0.25, -0.2) is 4.99 Å². The Morgan fingerprint density at radius 1 is 1.06 bits per heavy atom. The molecule has 0 aromatic heterocycles. The molecule has 3 atom stereocenters. The van der Waals surface area contributed by atoms with Gasteiger partial charge in [0.2, 0.25) is 0 Å². The van der Waals surface area contributed by atoms with E-state index in [9.17, 15) is 10.5 Å². The van der Waals surface area contributed by atoms with E-state index in [0.717, 1.165) is 48.4 Å². The molecule has 0 amide bonds. The van der Waals surface area contributed by atoms with Gasteiger partial charge in [-0.15, -0.1) is 23.5 Å². The number of thioether (sulfide) groups is 2. The first kappa shape index (κ1) is 23.6. The Bertz CT molecular complexity index is 920. The fourth-order valence-electron chi connectivity index (χ4n) is 4.49. The SMILES string of the molecule is CCCCSC1(SCCCC)N=C(N)[C@]2(C#N)[C@@H](c3ccccc3)NC(C)=C[C@@]12C#N. The van der Waals surface area contributed by atoms with Crippen LogP contribution in [0.15, 0.2) is 47.1 Å². The van der Waals surface area contributed by atoms with Crippen LogP contribution < -0.4 is 11.1 Å². The summed E-state index contributed by atoms with van der Waals surface area (Å²) in [5.74, 6) is 2.00. The van der Waals surface area contributed by atoms with Gasteiger partial charge in [0.05, 0.1) is 18.2 Å². The molecule has 1 aromatic carbocycles. The molecule has 1 aromatic rings. The maximum atomic E-state index is 10.8. The summed E-state index contributed by atoms with van der Waals surface area (Å²) in [6.45, 7) is 6.27. The van der Waals surface area contributed by atoms with Crippen LogP contribution in [-0.4, -0.2) is 21.5 Å². The van der Waals surface area contributed by atoms with Crippen molar-refractivity contribution < 1.29 is 0 Å². The number of amidine groups is 1. The lowest BCUT2D eigenvalue weighted by Crippen LogP contribution is -2.59. The lowest BCUT2D eigenvalue weighted by molar-refractivity contribution is 0.218. The average Bonchev–Trinajstić information content (AvgIpc) is 2.99. The van der Waals surface area contributed by atoms with Gasteiger partial charge in [-0.05, 0) is 42.9 Å². The second-order valence-electron chi connectivity index (χ2n) is 8.14. The van der Waals surface area contributed by atoms with Gasteiger partial charge >= 0.3 is 0 Å². The van der Waals surface area contributed by atoms with Crippen LogP contribution in [0.5, 0.6) is 0 Å². The highest BCUT2D eigenvalue weighted by Gasteiger charge is 2.75. The van der Waals surface area contributed by atoms with Gasteiger partial charge in [-0.3, -0.25) is 0 Å². The Morgan fingerprint density at radius 3 is 2.19 bits per heavy atom. The molecule has 0 saturated carbocycles. The number of rotatable bonds is 9. The molecule has 0 bridgehead atoms. The van der Waals surface area contributed by atoms with Crippen molar-refractivity contribution in [2.45, 2.75) is 56.7 Å². The monoisotopic (exact) mass is 453 g/mol. The van der Waals surface area contributed by atoms with Crippen LogP contribution in [0.3, 0.4) is 0 Å². The third kappa shape index (κ3) is 3.62. The molecule has 0 unspecified atom stereocenters. The summed E-state index contributed by atoms with van der Waals surface area (Å²) in [4.78, 5) is 5.00. The van der Waals surface area contributed by atoms with E-state index >= 15 is 0 Å². The van der Waals surface area contributed by atoms with Crippen LogP contribution in [0.4, 0.5) is 0 Å². The number of benzene rings is 1. The van der Waals surface area contributed by atoms with Gasteiger partial charge in [0, 0.05) is 5.70 Å². The molecular formula is C24H31N5S2.